The van der Waals surface area contributed by atoms with E-state index in [0.717, 1.165) is 64.2 Å². The van der Waals surface area contributed by atoms with Crippen LogP contribution in [0.15, 0.2) is 29.3 Å². The van der Waals surface area contributed by atoms with Crippen molar-refractivity contribution in [2.75, 3.05) is 59.6 Å². The largest absolute Gasteiger partial charge is 0.496 e. The van der Waals surface area contributed by atoms with Gasteiger partial charge in [-0.2, -0.15) is 0 Å². The van der Waals surface area contributed by atoms with Crippen LogP contribution in [-0.4, -0.2) is 70.5 Å². The van der Waals surface area contributed by atoms with Crippen LogP contribution in [0.25, 0.3) is 0 Å². The number of methoxy groups -OCH3 is 1. The molecule has 1 aromatic rings. The van der Waals surface area contributed by atoms with E-state index in [0.29, 0.717) is 0 Å². The molecule has 0 bridgehead atoms. The van der Waals surface area contributed by atoms with Crippen molar-refractivity contribution >= 4 is 5.96 Å². The van der Waals surface area contributed by atoms with Crippen LogP contribution in [0.1, 0.15) is 25.3 Å². The molecule has 1 saturated heterocycles. The van der Waals surface area contributed by atoms with E-state index in [1.165, 1.54) is 18.4 Å². The van der Waals surface area contributed by atoms with E-state index < -0.39 is 0 Å². The van der Waals surface area contributed by atoms with E-state index in [-0.39, 0.29) is 5.41 Å². The maximum absolute atomic E-state index is 5.56. The normalized spacial score (nSPS) is 19.8. The van der Waals surface area contributed by atoms with Gasteiger partial charge in [0.25, 0.3) is 0 Å². The van der Waals surface area contributed by atoms with Crippen molar-refractivity contribution in [2.45, 2.75) is 25.2 Å². The highest BCUT2D eigenvalue weighted by Gasteiger charge is 2.46. The minimum absolute atomic E-state index is 0.138. The molecule has 3 rings (SSSR count). The number of guanidine groups is 1. The lowest BCUT2D eigenvalue weighted by atomic mass is 9.95. The van der Waals surface area contributed by atoms with Crippen LogP contribution >= 0.6 is 0 Å². The van der Waals surface area contributed by atoms with E-state index in [4.69, 9.17) is 14.5 Å². The van der Waals surface area contributed by atoms with E-state index in [1.807, 2.05) is 12.1 Å². The smallest absolute Gasteiger partial charge is 0.191 e. The standard InChI is InChI=1S/C20H32N4O2/c1-3-21-19(22-10-11-24-12-14-26-15-13-24)23-16-20(8-9-20)17-6-4-5-7-18(17)25-2/h4-7H,3,8-16H2,1-2H3,(H2,21,22,23). The second-order valence-corrected chi connectivity index (χ2v) is 7.06. The van der Waals surface area contributed by atoms with Crippen LogP contribution in [0, 0.1) is 0 Å². The van der Waals surface area contributed by atoms with Gasteiger partial charge in [0, 0.05) is 43.7 Å². The highest BCUT2D eigenvalue weighted by atomic mass is 16.5. The number of para-hydroxylation sites is 1. The van der Waals surface area contributed by atoms with Crippen LogP contribution in [0.3, 0.4) is 0 Å². The number of ether oxygens (including phenoxy) is 2. The fraction of sp³-hybridized carbons (Fsp3) is 0.650. The molecule has 0 spiro atoms. The highest BCUT2D eigenvalue weighted by molar-refractivity contribution is 5.79. The van der Waals surface area contributed by atoms with E-state index >= 15 is 0 Å². The van der Waals surface area contributed by atoms with Crippen molar-refractivity contribution in [3.05, 3.63) is 29.8 Å². The van der Waals surface area contributed by atoms with Crippen LogP contribution in [0.4, 0.5) is 0 Å². The van der Waals surface area contributed by atoms with Crippen LogP contribution in [0.5, 0.6) is 5.75 Å². The summed E-state index contributed by atoms with van der Waals surface area (Å²) >= 11 is 0. The molecule has 6 heteroatoms. The van der Waals surface area contributed by atoms with Crippen LogP contribution < -0.4 is 15.4 Å². The predicted molar refractivity (Wildman–Crippen MR) is 105 cm³/mol. The topological polar surface area (TPSA) is 58.1 Å². The summed E-state index contributed by atoms with van der Waals surface area (Å²) in [4.78, 5) is 7.31. The Bertz CT molecular complexity index is 595. The zero-order valence-electron chi connectivity index (χ0n) is 16.1. The van der Waals surface area contributed by atoms with Crippen LogP contribution in [0.2, 0.25) is 0 Å². The molecular formula is C20H32N4O2. The van der Waals surface area contributed by atoms with Crippen molar-refractivity contribution in [2.24, 2.45) is 4.99 Å². The number of nitrogens with zero attached hydrogens (tertiary/aromatic N) is 2. The Balaban J connectivity index is 1.56. The van der Waals surface area contributed by atoms with Gasteiger partial charge >= 0.3 is 0 Å². The maximum atomic E-state index is 5.56. The van der Waals surface area contributed by atoms with Crippen molar-refractivity contribution in [1.82, 2.24) is 15.5 Å². The molecule has 0 aromatic heterocycles. The van der Waals surface area contributed by atoms with Crippen molar-refractivity contribution in [1.29, 1.82) is 0 Å². The number of aliphatic imine (C=N–C) groups is 1. The number of rotatable bonds is 8. The Labute approximate surface area is 157 Å². The van der Waals surface area contributed by atoms with Gasteiger partial charge in [0.2, 0.25) is 0 Å². The summed E-state index contributed by atoms with van der Waals surface area (Å²) in [6.45, 7) is 9.40. The third-order valence-corrected chi connectivity index (χ3v) is 5.24. The SMILES string of the molecule is CCNC(=NCC1(c2ccccc2OC)CC1)NCCN1CCOCC1. The Kier molecular flexibility index (Phi) is 6.74. The van der Waals surface area contributed by atoms with Gasteiger partial charge in [-0.3, -0.25) is 9.89 Å². The number of hydrogen-bond donors (Lipinski definition) is 2. The Morgan fingerprint density at radius 1 is 1.23 bits per heavy atom. The lowest BCUT2D eigenvalue weighted by Gasteiger charge is -2.26. The second-order valence-electron chi connectivity index (χ2n) is 7.06. The summed E-state index contributed by atoms with van der Waals surface area (Å²) in [5.41, 5.74) is 1.43. The van der Waals surface area contributed by atoms with Gasteiger partial charge in [-0.1, -0.05) is 18.2 Å². The molecule has 144 valence electrons. The molecule has 26 heavy (non-hydrogen) atoms. The summed E-state index contributed by atoms with van der Waals surface area (Å²) < 4.78 is 11.0. The third kappa shape index (κ3) is 4.89. The number of benzene rings is 1. The minimum Gasteiger partial charge on any atom is -0.496 e. The molecule has 0 amide bonds. The Morgan fingerprint density at radius 2 is 2.00 bits per heavy atom. The molecule has 6 nitrogen and oxygen atoms in total. The summed E-state index contributed by atoms with van der Waals surface area (Å²) in [5, 5.41) is 6.84. The fourth-order valence-corrected chi connectivity index (χ4v) is 3.48. The Hall–Kier alpha value is -1.79. The zero-order chi connectivity index (χ0) is 18.2. The third-order valence-electron chi connectivity index (χ3n) is 5.24. The van der Waals surface area contributed by atoms with Crippen molar-refractivity contribution in [3.63, 3.8) is 0 Å². The van der Waals surface area contributed by atoms with E-state index in [1.54, 1.807) is 7.11 Å². The molecule has 1 aromatic carbocycles. The number of nitrogens with one attached hydrogen (secondary N) is 2. The van der Waals surface area contributed by atoms with Gasteiger partial charge in [0.05, 0.1) is 26.9 Å². The highest BCUT2D eigenvalue weighted by Crippen LogP contribution is 2.51. The lowest BCUT2D eigenvalue weighted by molar-refractivity contribution is 0.0389. The molecule has 1 saturated carbocycles. The molecule has 0 unspecified atom stereocenters. The first kappa shape index (κ1) is 19.0. The first-order valence-corrected chi connectivity index (χ1v) is 9.73. The first-order chi connectivity index (χ1) is 12.8. The van der Waals surface area contributed by atoms with Crippen LogP contribution in [-0.2, 0) is 10.2 Å². The summed E-state index contributed by atoms with van der Waals surface area (Å²) in [6.07, 6.45) is 2.34. The van der Waals surface area contributed by atoms with Crippen molar-refractivity contribution < 1.29 is 9.47 Å². The summed E-state index contributed by atoms with van der Waals surface area (Å²) in [7, 11) is 1.75. The second kappa shape index (κ2) is 9.24. The summed E-state index contributed by atoms with van der Waals surface area (Å²) in [6, 6.07) is 8.34. The molecular weight excluding hydrogens is 328 g/mol. The average molecular weight is 361 g/mol. The van der Waals surface area contributed by atoms with Gasteiger partial charge in [0.1, 0.15) is 5.75 Å². The molecule has 1 aliphatic heterocycles. The number of morpholine rings is 1. The van der Waals surface area contributed by atoms with E-state index in [9.17, 15) is 0 Å². The molecule has 0 atom stereocenters. The van der Waals surface area contributed by atoms with Gasteiger partial charge in [0.15, 0.2) is 5.96 Å². The Morgan fingerprint density at radius 3 is 2.69 bits per heavy atom. The molecule has 1 aliphatic carbocycles. The minimum atomic E-state index is 0.138. The van der Waals surface area contributed by atoms with Gasteiger partial charge in [-0.25, -0.2) is 0 Å². The molecule has 2 aliphatic rings. The summed E-state index contributed by atoms with van der Waals surface area (Å²) in [5.74, 6) is 1.88. The monoisotopic (exact) mass is 360 g/mol. The molecule has 1 heterocycles. The lowest BCUT2D eigenvalue weighted by Crippen LogP contribution is -2.44. The maximum Gasteiger partial charge on any atom is 0.191 e. The fourth-order valence-electron chi connectivity index (χ4n) is 3.48. The molecule has 2 N–H and O–H groups in total. The predicted octanol–water partition coefficient (Wildman–Crippen LogP) is 1.61. The van der Waals surface area contributed by atoms with Gasteiger partial charge in [-0.15, -0.1) is 0 Å². The number of hydrogen-bond acceptors (Lipinski definition) is 4. The zero-order valence-corrected chi connectivity index (χ0v) is 16.1. The molecule has 2 fully saturated rings. The average Bonchev–Trinajstić information content (AvgIpc) is 3.48. The first-order valence-electron chi connectivity index (χ1n) is 9.73. The van der Waals surface area contributed by atoms with Gasteiger partial charge in [-0.05, 0) is 25.8 Å². The van der Waals surface area contributed by atoms with E-state index in [2.05, 4.69) is 34.6 Å². The van der Waals surface area contributed by atoms with Gasteiger partial charge < -0.3 is 20.1 Å². The quantitative estimate of drug-likeness (QED) is 0.545. The van der Waals surface area contributed by atoms with Crippen molar-refractivity contribution in [3.8, 4) is 5.75 Å². The molecule has 0 radical (unpaired) electrons.